The highest BCUT2D eigenvalue weighted by Crippen LogP contribution is 2.28. The Labute approximate surface area is 150 Å². The Balaban J connectivity index is 1.70. The number of para-hydroxylation sites is 1. The molecule has 0 saturated heterocycles. The molecule has 1 aliphatic rings. The lowest BCUT2D eigenvalue weighted by atomic mass is 10.3. The number of likely N-dealkylation sites (N-methyl/N-ethyl adjacent to an activating group) is 1. The first-order valence-corrected chi connectivity index (χ1v) is 9.12. The lowest BCUT2D eigenvalue weighted by molar-refractivity contribution is 0.0367. The number of hydrogen-bond donors (Lipinski definition) is 2. The van der Waals surface area contributed by atoms with Crippen molar-refractivity contribution in [2.24, 2.45) is 10.9 Å². The second-order valence-electron chi connectivity index (χ2n) is 6.41. The van der Waals surface area contributed by atoms with Crippen LogP contribution in [0.15, 0.2) is 35.3 Å². The molecular weight excluding hydrogens is 318 g/mol. The summed E-state index contributed by atoms with van der Waals surface area (Å²) in [7, 11) is 1.96. The van der Waals surface area contributed by atoms with Crippen LogP contribution in [0.4, 0.5) is 0 Å². The van der Waals surface area contributed by atoms with E-state index in [-0.39, 0.29) is 0 Å². The van der Waals surface area contributed by atoms with Crippen molar-refractivity contribution in [3.63, 3.8) is 0 Å². The molecule has 1 aliphatic carbocycles. The zero-order valence-corrected chi connectivity index (χ0v) is 15.4. The fraction of sp³-hybridized carbons (Fsp3) is 0.632. The largest absolute Gasteiger partial charge is 0.492 e. The van der Waals surface area contributed by atoms with Crippen LogP contribution in [-0.4, -0.2) is 68.6 Å². The van der Waals surface area contributed by atoms with Gasteiger partial charge in [-0.05, 0) is 37.8 Å². The Bertz CT molecular complexity index is 506. The van der Waals surface area contributed by atoms with Crippen LogP contribution in [0.3, 0.4) is 0 Å². The van der Waals surface area contributed by atoms with Crippen LogP contribution in [0.5, 0.6) is 5.75 Å². The second-order valence-corrected chi connectivity index (χ2v) is 6.41. The normalized spacial score (nSPS) is 15.7. The number of aliphatic hydroxyl groups excluding tert-OH is 1. The molecule has 2 N–H and O–H groups in total. The summed E-state index contributed by atoms with van der Waals surface area (Å²) in [6.07, 6.45) is 1.95. The number of guanidine groups is 1. The highest BCUT2D eigenvalue weighted by Gasteiger charge is 2.21. The Morgan fingerprint density at radius 2 is 2.12 bits per heavy atom. The molecule has 6 nitrogen and oxygen atoms in total. The molecule has 1 saturated carbocycles. The van der Waals surface area contributed by atoms with Crippen LogP contribution < -0.4 is 10.1 Å². The van der Waals surface area contributed by atoms with Crippen molar-refractivity contribution in [3.05, 3.63) is 30.3 Å². The number of hydrogen-bond acceptors (Lipinski definition) is 4. The standard InChI is InChI=1S/C19H31N3O3/c1-3-20-19(21-13-17(23)15-24-14-16-9-10-16)22(2)11-12-25-18-7-5-4-6-8-18/h4-8,16-17,23H,3,9-15H2,1-2H3,(H,20,21). The number of nitrogens with one attached hydrogen (secondary N) is 1. The zero-order chi connectivity index (χ0) is 17.9. The molecule has 140 valence electrons. The molecule has 1 fully saturated rings. The molecule has 0 bridgehead atoms. The van der Waals surface area contributed by atoms with Gasteiger partial charge in [-0.15, -0.1) is 0 Å². The first-order valence-electron chi connectivity index (χ1n) is 9.12. The highest BCUT2D eigenvalue weighted by molar-refractivity contribution is 5.79. The average Bonchev–Trinajstić information content (AvgIpc) is 3.43. The maximum atomic E-state index is 10.0. The fourth-order valence-electron chi connectivity index (χ4n) is 2.29. The van der Waals surface area contributed by atoms with Crippen LogP contribution in [0, 0.1) is 5.92 Å². The van der Waals surface area contributed by atoms with Crippen LogP contribution in [0.1, 0.15) is 19.8 Å². The van der Waals surface area contributed by atoms with Gasteiger partial charge in [0.25, 0.3) is 0 Å². The summed E-state index contributed by atoms with van der Waals surface area (Å²) < 4.78 is 11.2. The second kappa shape index (κ2) is 10.9. The Kier molecular flexibility index (Phi) is 8.55. The van der Waals surface area contributed by atoms with Gasteiger partial charge in [-0.3, -0.25) is 4.99 Å². The minimum Gasteiger partial charge on any atom is -0.492 e. The van der Waals surface area contributed by atoms with E-state index in [4.69, 9.17) is 9.47 Å². The third-order valence-electron chi connectivity index (χ3n) is 3.95. The smallest absolute Gasteiger partial charge is 0.193 e. The lowest BCUT2D eigenvalue weighted by Gasteiger charge is -2.22. The van der Waals surface area contributed by atoms with Gasteiger partial charge in [0.2, 0.25) is 0 Å². The van der Waals surface area contributed by atoms with E-state index in [1.165, 1.54) is 12.8 Å². The molecule has 0 radical (unpaired) electrons. The van der Waals surface area contributed by atoms with Crippen molar-refractivity contribution in [2.75, 3.05) is 46.5 Å². The molecule has 0 aromatic heterocycles. The number of aliphatic hydroxyl groups is 1. The molecule has 0 spiro atoms. The summed E-state index contributed by atoms with van der Waals surface area (Å²) in [5.41, 5.74) is 0. The monoisotopic (exact) mass is 349 g/mol. The van der Waals surface area contributed by atoms with Crippen molar-refractivity contribution in [2.45, 2.75) is 25.9 Å². The topological polar surface area (TPSA) is 66.3 Å². The van der Waals surface area contributed by atoms with E-state index in [9.17, 15) is 5.11 Å². The van der Waals surface area contributed by atoms with E-state index < -0.39 is 6.10 Å². The van der Waals surface area contributed by atoms with Gasteiger partial charge in [-0.1, -0.05) is 18.2 Å². The first-order chi connectivity index (χ1) is 12.2. The molecule has 6 heteroatoms. The van der Waals surface area contributed by atoms with E-state index in [1.807, 2.05) is 49.2 Å². The summed E-state index contributed by atoms with van der Waals surface area (Å²) in [5.74, 6) is 2.34. The molecule has 1 aromatic carbocycles. The summed E-state index contributed by atoms with van der Waals surface area (Å²) in [6, 6.07) is 9.76. The molecule has 25 heavy (non-hydrogen) atoms. The van der Waals surface area contributed by atoms with Crippen molar-refractivity contribution in [1.82, 2.24) is 10.2 Å². The number of nitrogens with zero attached hydrogens (tertiary/aromatic N) is 2. The van der Waals surface area contributed by atoms with Gasteiger partial charge in [-0.25, -0.2) is 0 Å². The zero-order valence-electron chi connectivity index (χ0n) is 15.4. The van der Waals surface area contributed by atoms with Crippen molar-refractivity contribution in [3.8, 4) is 5.75 Å². The van der Waals surface area contributed by atoms with Crippen LogP contribution in [0.25, 0.3) is 0 Å². The quantitative estimate of drug-likeness (QED) is 0.471. The molecular formula is C19H31N3O3. The fourth-order valence-corrected chi connectivity index (χ4v) is 2.29. The first kappa shape index (κ1) is 19.5. The number of benzene rings is 1. The van der Waals surface area contributed by atoms with E-state index >= 15 is 0 Å². The van der Waals surface area contributed by atoms with Crippen molar-refractivity contribution < 1.29 is 14.6 Å². The summed E-state index contributed by atoms with van der Waals surface area (Å²) in [4.78, 5) is 6.50. The molecule has 0 heterocycles. The minimum atomic E-state index is -0.568. The molecule has 1 atom stereocenters. The third-order valence-corrected chi connectivity index (χ3v) is 3.95. The Hall–Kier alpha value is -1.79. The van der Waals surface area contributed by atoms with E-state index in [2.05, 4.69) is 10.3 Å². The highest BCUT2D eigenvalue weighted by atomic mass is 16.5. The van der Waals surface area contributed by atoms with Crippen molar-refractivity contribution >= 4 is 5.96 Å². The average molecular weight is 349 g/mol. The van der Waals surface area contributed by atoms with Gasteiger partial charge in [0.1, 0.15) is 12.4 Å². The van der Waals surface area contributed by atoms with Crippen molar-refractivity contribution in [1.29, 1.82) is 0 Å². The molecule has 0 amide bonds. The van der Waals surface area contributed by atoms with Gasteiger partial charge in [-0.2, -0.15) is 0 Å². The maximum Gasteiger partial charge on any atom is 0.193 e. The maximum absolute atomic E-state index is 10.0. The van der Waals surface area contributed by atoms with Gasteiger partial charge >= 0.3 is 0 Å². The number of ether oxygens (including phenoxy) is 2. The predicted octanol–water partition coefficient (Wildman–Crippen LogP) is 1.75. The predicted molar refractivity (Wildman–Crippen MR) is 100 cm³/mol. The van der Waals surface area contributed by atoms with Crippen LogP contribution in [0.2, 0.25) is 0 Å². The summed E-state index contributed by atoms with van der Waals surface area (Å²) >= 11 is 0. The van der Waals surface area contributed by atoms with E-state index in [1.54, 1.807) is 0 Å². The summed E-state index contributed by atoms with van der Waals surface area (Å²) in [6.45, 7) is 5.51. The van der Waals surface area contributed by atoms with E-state index in [0.717, 1.165) is 24.9 Å². The number of rotatable bonds is 11. The van der Waals surface area contributed by atoms with Gasteiger partial charge in [0.15, 0.2) is 5.96 Å². The third kappa shape index (κ3) is 8.23. The Morgan fingerprint density at radius 3 is 2.80 bits per heavy atom. The summed E-state index contributed by atoms with van der Waals surface area (Å²) in [5, 5.41) is 13.2. The van der Waals surface area contributed by atoms with Gasteiger partial charge in [0.05, 0.1) is 25.8 Å². The minimum absolute atomic E-state index is 0.330. The molecule has 1 unspecified atom stereocenters. The van der Waals surface area contributed by atoms with Gasteiger partial charge < -0.3 is 24.8 Å². The Morgan fingerprint density at radius 1 is 1.36 bits per heavy atom. The molecule has 2 rings (SSSR count). The molecule has 1 aromatic rings. The van der Waals surface area contributed by atoms with Crippen LogP contribution in [-0.2, 0) is 4.74 Å². The lowest BCUT2D eigenvalue weighted by Crippen LogP contribution is -2.41. The SMILES string of the molecule is CCNC(=NCC(O)COCC1CC1)N(C)CCOc1ccccc1. The van der Waals surface area contributed by atoms with Crippen LogP contribution >= 0.6 is 0 Å². The van der Waals surface area contributed by atoms with E-state index in [0.29, 0.717) is 32.2 Å². The van der Waals surface area contributed by atoms with Gasteiger partial charge in [0, 0.05) is 20.2 Å². The molecule has 0 aliphatic heterocycles. The number of aliphatic imine (C=N–C) groups is 1.